The van der Waals surface area contributed by atoms with Crippen LogP contribution in [-0.4, -0.2) is 18.3 Å². The van der Waals surface area contributed by atoms with E-state index in [1.165, 1.54) is 0 Å². The molecule has 0 aliphatic carbocycles. The minimum absolute atomic E-state index is 0.245. The Kier molecular flexibility index (Phi) is 4.77. The van der Waals surface area contributed by atoms with Gasteiger partial charge in [-0.1, -0.05) is 25.5 Å². The molecule has 3 nitrogen and oxygen atoms in total. The fourth-order valence-corrected chi connectivity index (χ4v) is 1.81. The van der Waals surface area contributed by atoms with Crippen LogP contribution in [0.2, 0.25) is 0 Å². The molecule has 0 saturated heterocycles. The molecule has 0 bridgehead atoms. The lowest BCUT2D eigenvalue weighted by atomic mass is 9.89. The maximum Gasteiger partial charge on any atom is 0.119 e. The van der Waals surface area contributed by atoms with Crippen LogP contribution >= 0.6 is 0 Å². The van der Waals surface area contributed by atoms with Gasteiger partial charge in [0, 0.05) is 6.54 Å². The average Bonchev–Trinajstić information content (AvgIpc) is 2.30. The minimum atomic E-state index is -0.903. The molecule has 0 spiro atoms. The second-order valence-electron chi connectivity index (χ2n) is 3.94. The zero-order valence-electron chi connectivity index (χ0n) is 10.1. The normalized spacial score (nSPS) is 14.5. The molecule has 0 aliphatic heterocycles. The molecule has 1 aromatic rings. The zero-order chi connectivity index (χ0) is 12.0. The van der Waals surface area contributed by atoms with Crippen LogP contribution in [0.15, 0.2) is 24.3 Å². The van der Waals surface area contributed by atoms with Crippen molar-refractivity contribution in [1.82, 2.24) is 0 Å². The summed E-state index contributed by atoms with van der Waals surface area (Å²) in [4.78, 5) is 0. The van der Waals surface area contributed by atoms with E-state index >= 15 is 0 Å². The van der Waals surface area contributed by atoms with Crippen LogP contribution in [0.25, 0.3) is 0 Å². The van der Waals surface area contributed by atoms with E-state index in [9.17, 15) is 5.11 Å². The van der Waals surface area contributed by atoms with E-state index in [4.69, 9.17) is 10.5 Å². The topological polar surface area (TPSA) is 55.5 Å². The van der Waals surface area contributed by atoms with Gasteiger partial charge in [0.2, 0.25) is 0 Å². The fourth-order valence-electron chi connectivity index (χ4n) is 1.81. The van der Waals surface area contributed by atoms with Crippen molar-refractivity contribution < 1.29 is 9.84 Å². The highest BCUT2D eigenvalue weighted by Crippen LogP contribution is 2.27. The van der Waals surface area contributed by atoms with Gasteiger partial charge in [-0.2, -0.15) is 0 Å². The van der Waals surface area contributed by atoms with E-state index in [0.717, 1.165) is 17.7 Å². The van der Waals surface area contributed by atoms with Gasteiger partial charge in [0.25, 0.3) is 0 Å². The maximum atomic E-state index is 10.3. The Morgan fingerprint density at radius 2 is 1.88 bits per heavy atom. The second-order valence-corrected chi connectivity index (χ2v) is 3.94. The van der Waals surface area contributed by atoms with Gasteiger partial charge >= 0.3 is 0 Å². The van der Waals surface area contributed by atoms with Crippen molar-refractivity contribution in [3.8, 4) is 5.75 Å². The molecule has 16 heavy (non-hydrogen) atoms. The fraction of sp³-hybridized carbons (Fsp3) is 0.538. The van der Waals surface area contributed by atoms with Crippen molar-refractivity contribution in [3.63, 3.8) is 0 Å². The molecule has 0 radical (unpaired) electrons. The van der Waals surface area contributed by atoms with Gasteiger partial charge in [0.1, 0.15) is 11.4 Å². The molecule has 90 valence electrons. The summed E-state index contributed by atoms with van der Waals surface area (Å²) in [6.07, 6.45) is 1.58. The number of aliphatic hydroxyl groups is 1. The summed E-state index contributed by atoms with van der Waals surface area (Å²) in [6, 6.07) is 7.51. The van der Waals surface area contributed by atoms with Crippen LogP contribution in [0.4, 0.5) is 0 Å². The quantitative estimate of drug-likeness (QED) is 0.776. The van der Waals surface area contributed by atoms with Crippen LogP contribution in [0.5, 0.6) is 5.75 Å². The first kappa shape index (κ1) is 13.0. The van der Waals surface area contributed by atoms with Crippen LogP contribution in [0.3, 0.4) is 0 Å². The van der Waals surface area contributed by atoms with Gasteiger partial charge in [-0.05, 0) is 31.0 Å². The molecule has 1 unspecified atom stereocenters. The molecule has 0 aromatic heterocycles. The Morgan fingerprint density at radius 3 is 2.31 bits per heavy atom. The number of nitrogens with two attached hydrogens (primary N) is 1. The summed E-state index contributed by atoms with van der Waals surface area (Å²) in [5, 5.41) is 10.3. The van der Waals surface area contributed by atoms with Crippen LogP contribution in [-0.2, 0) is 5.60 Å². The summed E-state index contributed by atoms with van der Waals surface area (Å²) < 4.78 is 5.35. The van der Waals surface area contributed by atoms with Gasteiger partial charge in [-0.3, -0.25) is 0 Å². The maximum absolute atomic E-state index is 10.3. The molecule has 0 saturated carbocycles. The third-order valence-corrected chi connectivity index (χ3v) is 2.70. The SMILES string of the molecule is CCCC(O)(CN)c1ccc(OCC)cc1. The highest BCUT2D eigenvalue weighted by molar-refractivity contribution is 5.31. The summed E-state index contributed by atoms with van der Waals surface area (Å²) in [5.74, 6) is 0.821. The first-order valence-corrected chi connectivity index (χ1v) is 5.82. The Balaban J connectivity index is 2.85. The average molecular weight is 223 g/mol. The van der Waals surface area contributed by atoms with E-state index in [1.807, 2.05) is 38.1 Å². The molecular formula is C13H21NO2. The lowest BCUT2D eigenvalue weighted by Crippen LogP contribution is -2.34. The summed E-state index contributed by atoms with van der Waals surface area (Å²) in [7, 11) is 0. The molecule has 3 N–H and O–H groups in total. The Hall–Kier alpha value is -1.06. The van der Waals surface area contributed by atoms with Crippen molar-refractivity contribution >= 4 is 0 Å². The highest BCUT2D eigenvalue weighted by Gasteiger charge is 2.26. The Bertz CT molecular complexity index is 310. The largest absolute Gasteiger partial charge is 0.494 e. The monoisotopic (exact) mass is 223 g/mol. The number of hydrogen-bond donors (Lipinski definition) is 2. The number of rotatable bonds is 6. The van der Waals surface area contributed by atoms with Crippen molar-refractivity contribution in [1.29, 1.82) is 0 Å². The van der Waals surface area contributed by atoms with Crippen molar-refractivity contribution in [2.24, 2.45) is 5.73 Å². The van der Waals surface area contributed by atoms with E-state index < -0.39 is 5.60 Å². The number of hydrogen-bond acceptors (Lipinski definition) is 3. The molecule has 3 heteroatoms. The van der Waals surface area contributed by atoms with Gasteiger partial charge in [-0.15, -0.1) is 0 Å². The van der Waals surface area contributed by atoms with E-state index in [0.29, 0.717) is 13.0 Å². The van der Waals surface area contributed by atoms with Crippen molar-refractivity contribution in [3.05, 3.63) is 29.8 Å². The molecular weight excluding hydrogens is 202 g/mol. The molecule has 1 rings (SSSR count). The van der Waals surface area contributed by atoms with Crippen molar-refractivity contribution in [2.45, 2.75) is 32.3 Å². The predicted molar refractivity (Wildman–Crippen MR) is 65.5 cm³/mol. The predicted octanol–water partition coefficient (Wildman–Crippen LogP) is 2.03. The summed E-state index contributed by atoms with van der Waals surface area (Å²) in [5.41, 5.74) is 5.60. The van der Waals surface area contributed by atoms with Crippen LogP contribution < -0.4 is 10.5 Å². The van der Waals surface area contributed by atoms with E-state index in [-0.39, 0.29) is 6.54 Å². The molecule has 0 fully saturated rings. The van der Waals surface area contributed by atoms with Crippen LogP contribution in [0, 0.1) is 0 Å². The molecule has 0 amide bonds. The minimum Gasteiger partial charge on any atom is -0.494 e. The van der Waals surface area contributed by atoms with Gasteiger partial charge < -0.3 is 15.6 Å². The number of benzene rings is 1. The molecule has 1 atom stereocenters. The summed E-state index contributed by atoms with van der Waals surface area (Å²) >= 11 is 0. The second kappa shape index (κ2) is 5.87. The third kappa shape index (κ3) is 2.97. The standard InChI is InChI=1S/C13H21NO2/c1-3-9-13(15,10-14)11-5-7-12(8-6-11)16-4-2/h5-8,15H,3-4,9-10,14H2,1-2H3. The third-order valence-electron chi connectivity index (χ3n) is 2.70. The highest BCUT2D eigenvalue weighted by atomic mass is 16.5. The van der Waals surface area contributed by atoms with Gasteiger partial charge in [0.15, 0.2) is 0 Å². The first-order chi connectivity index (χ1) is 7.66. The lowest BCUT2D eigenvalue weighted by molar-refractivity contribution is 0.0359. The van der Waals surface area contributed by atoms with Crippen molar-refractivity contribution in [2.75, 3.05) is 13.2 Å². The molecule has 1 aromatic carbocycles. The summed E-state index contributed by atoms with van der Waals surface area (Å²) in [6.45, 7) is 4.88. The first-order valence-electron chi connectivity index (χ1n) is 5.82. The molecule has 0 aliphatic rings. The van der Waals surface area contributed by atoms with Gasteiger partial charge in [-0.25, -0.2) is 0 Å². The van der Waals surface area contributed by atoms with Crippen LogP contribution in [0.1, 0.15) is 32.3 Å². The smallest absolute Gasteiger partial charge is 0.119 e. The van der Waals surface area contributed by atoms with E-state index in [1.54, 1.807) is 0 Å². The number of ether oxygens (including phenoxy) is 1. The zero-order valence-corrected chi connectivity index (χ0v) is 10.1. The lowest BCUT2D eigenvalue weighted by Gasteiger charge is -2.26. The molecule has 0 heterocycles. The van der Waals surface area contributed by atoms with E-state index in [2.05, 4.69) is 0 Å². The Labute approximate surface area is 97.2 Å². The van der Waals surface area contributed by atoms with Gasteiger partial charge in [0.05, 0.1) is 6.61 Å². The Morgan fingerprint density at radius 1 is 1.25 bits per heavy atom.